The minimum Gasteiger partial charge on any atom is -0.495 e. The lowest BCUT2D eigenvalue weighted by Crippen LogP contribution is -2.16. The summed E-state index contributed by atoms with van der Waals surface area (Å²) in [4.78, 5) is 20.4. The highest BCUT2D eigenvalue weighted by Gasteiger charge is 2.33. The zero-order valence-electron chi connectivity index (χ0n) is 16.0. The van der Waals surface area contributed by atoms with Gasteiger partial charge in [0.1, 0.15) is 11.4 Å². The molecule has 5 nitrogen and oxygen atoms in total. The van der Waals surface area contributed by atoms with Gasteiger partial charge in [-0.15, -0.1) is 0 Å². The van der Waals surface area contributed by atoms with Gasteiger partial charge in [-0.1, -0.05) is 6.07 Å². The van der Waals surface area contributed by atoms with Crippen LogP contribution < -0.4 is 10.1 Å². The maximum absolute atomic E-state index is 12.8. The largest absolute Gasteiger partial charge is 0.495 e. The van der Waals surface area contributed by atoms with E-state index in [-0.39, 0.29) is 11.3 Å². The standard InChI is InChI=1S/C21H18F3N3O2/c1-12-4-5-14(10-17(12)18-8-6-15(29-3)11-25-18)27-20(28)16-7-9-19(21(22,23)24)26-13(16)2/h4-11H,1-3H3,(H,27,28). The smallest absolute Gasteiger partial charge is 0.433 e. The lowest BCUT2D eigenvalue weighted by Gasteiger charge is -2.12. The summed E-state index contributed by atoms with van der Waals surface area (Å²) in [6, 6.07) is 10.8. The summed E-state index contributed by atoms with van der Waals surface area (Å²) < 4.78 is 43.4. The molecule has 0 aliphatic heterocycles. The highest BCUT2D eigenvalue weighted by atomic mass is 19.4. The van der Waals surface area contributed by atoms with Crippen molar-refractivity contribution in [1.29, 1.82) is 0 Å². The molecule has 0 atom stereocenters. The molecule has 0 saturated heterocycles. The summed E-state index contributed by atoms with van der Waals surface area (Å²) >= 11 is 0. The van der Waals surface area contributed by atoms with Crippen LogP contribution in [0.5, 0.6) is 5.75 Å². The van der Waals surface area contributed by atoms with Crippen LogP contribution in [0.15, 0.2) is 48.7 Å². The molecular formula is C21H18F3N3O2. The number of carbonyl (C=O) groups excluding carboxylic acids is 1. The summed E-state index contributed by atoms with van der Waals surface area (Å²) in [6.45, 7) is 3.28. The Bertz CT molecular complexity index is 1050. The van der Waals surface area contributed by atoms with E-state index in [4.69, 9.17) is 4.74 Å². The van der Waals surface area contributed by atoms with Crippen LogP contribution in [-0.2, 0) is 6.18 Å². The van der Waals surface area contributed by atoms with E-state index in [1.54, 1.807) is 37.6 Å². The van der Waals surface area contributed by atoms with Gasteiger partial charge in [0, 0.05) is 11.3 Å². The molecule has 0 aliphatic carbocycles. The topological polar surface area (TPSA) is 64.1 Å². The zero-order valence-corrected chi connectivity index (χ0v) is 16.0. The lowest BCUT2D eigenvalue weighted by molar-refractivity contribution is -0.141. The Morgan fingerprint density at radius 1 is 1.07 bits per heavy atom. The summed E-state index contributed by atoms with van der Waals surface area (Å²) in [7, 11) is 1.55. The first kappa shape index (κ1) is 20.3. The van der Waals surface area contributed by atoms with Gasteiger partial charge in [-0.2, -0.15) is 13.2 Å². The average molecular weight is 401 g/mol. The number of benzene rings is 1. The maximum atomic E-state index is 12.8. The number of carbonyl (C=O) groups is 1. The number of rotatable bonds is 4. The van der Waals surface area contributed by atoms with E-state index < -0.39 is 17.8 Å². The second-order valence-corrected chi connectivity index (χ2v) is 6.39. The minimum atomic E-state index is -4.56. The Morgan fingerprint density at radius 3 is 2.41 bits per heavy atom. The molecule has 2 heterocycles. The number of aryl methyl sites for hydroxylation is 2. The van der Waals surface area contributed by atoms with E-state index in [9.17, 15) is 18.0 Å². The molecule has 0 bridgehead atoms. The van der Waals surface area contributed by atoms with E-state index in [1.165, 1.54) is 6.92 Å². The van der Waals surface area contributed by atoms with Gasteiger partial charge in [0.25, 0.3) is 5.91 Å². The number of hydrogen-bond acceptors (Lipinski definition) is 4. The number of nitrogens with one attached hydrogen (secondary N) is 1. The first-order valence-electron chi connectivity index (χ1n) is 8.66. The fourth-order valence-corrected chi connectivity index (χ4v) is 2.79. The number of amides is 1. The van der Waals surface area contributed by atoms with Crippen molar-refractivity contribution in [1.82, 2.24) is 9.97 Å². The van der Waals surface area contributed by atoms with Crippen LogP contribution in [-0.4, -0.2) is 23.0 Å². The zero-order chi connectivity index (χ0) is 21.2. The van der Waals surface area contributed by atoms with Gasteiger partial charge >= 0.3 is 6.18 Å². The van der Waals surface area contributed by atoms with Crippen LogP contribution in [0.1, 0.15) is 27.3 Å². The summed E-state index contributed by atoms with van der Waals surface area (Å²) in [6.07, 6.45) is -2.96. The van der Waals surface area contributed by atoms with Crippen LogP contribution in [0.25, 0.3) is 11.3 Å². The van der Waals surface area contributed by atoms with Gasteiger partial charge < -0.3 is 10.1 Å². The third kappa shape index (κ3) is 4.53. The predicted molar refractivity (Wildman–Crippen MR) is 103 cm³/mol. The molecule has 0 saturated carbocycles. The van der Waals surface area contributed by atoms with Crippen LogP contribution in [0.3, 0.4) is 0 Å². The first-order chi connectivity index (χ1) is 13.7. The van der Waals surface area contributed by atoms with E-state index in [2.05, 4.69) is 15.3 Å². The Labute approximate surface area is 165 Å². The van der Waals surface area contributed by atoms with Gasteiger partial charge in [-0.3, -0.25) is 9.78 Å². The van der Waals surface area contributed by atoms with E-state index in [1.807, 2.05) is 13.0 Å². The molecule has 3 rings (SSSR count). The number of hydrogen-bond donors (Lipinski definition) is 1. The molecule has 29 heavy (non-hydrogen) atoms. The Morgan fingerprint density at radius 2 is 1.83 bits per heavy atom. The van der Waals surface area contributed by atoms with Crippen LogP contribution in [0.2, 0.25) is 0 Å². The van der Waals surface area contributed by atoms with Crippen molar-refractivity contribution in [2.45, 2.75) is 20.0 Å². The fourth-order valence-electron chi connectivity index (χ4n) is 2.79. The van der Waals surface area contributed by atoms with Gasteiger partial charge in [0.2, 0.25) is 0 Å². The van der Waals surface area contributed by atoms with Crippen LogP contribution in [0, 0.1) is 13.8 Å². The van der Waals surface area contributed by atoms with Crippen LogP contribution in [0.4, 0.5) is 18.9 Å². The molecule has 1 amide bonds. The highest BCUT2D eigenvalue weighted by Crippen LogP contribution is 2.29. The molecule has 0 unspecified atom stereocenters. The molecule has 150 valence electrons. The van der Waals surface area contributed by atoms with E-state index >= 15 is 0 Å². The van der Waals surface area contributed by atoms with E-state index in [0.29, 0.717) is 17.1 Å². The second-order valence-electron chi connectivity index (χ2n) is 6.39. The van der Waals surface area contributed by atoms with Crippen molar-refractivity contribution >= 4 is 11.6 Å². The number of anilines is 1. The Balaban J connectivity index is 1.86. The third-order valence-corrected chi connectivity index (χ3v) is 4.36. The summed E-state index contributed by atoms with van der Waals surface area (Å²) in [5.74, 6) is 0.0855. The average Bonchev–Trinajstić information content (AvgIpc) is 2.68. The van der Waals surface area contributed by atoms with E-state index in [0.717, 1.165) is 23.3 Å². The molecule has 1 N–H and O–H groups in total. The maximum Gasteiger partial charge on any atom is 0.433 e. The molecule has 0 spiro atoms. The number of methoxy groups -OCH3 is 1. The monoisotopic (exact) mass is 401 g/mol. The number of aromatic nitrogens is 2. The fraction of sp³-hybridized carbons (Fsp3) is 0.190. The SMILES string of the molecule is COc1ccc(-c2cc(NC(=O)c3ccc(C(F)(F)F)nc3C)ccc2C)nc1. The van der Waals surface area contributed by atoms with Crippen molar-refractivity contribution in [3.05, 3.63) is 71.2 Å². The predicted octanol–water partition coefficient (Wildman–Crippen LogP) is 5.04. The highest BCUT2D eigenvalue weighted by molar-refractivity contribution is 6.05. The number of alkyl halides is 3. The number of pyridine rings is 2. The van der Waals surface area contributed by atoms with Crippen molar-refractivity contribution in [2.24, 2.45) is 0 Å². The van der Waals surface area contributed by atoms with Gasteiger partial charge in [-0.25, -0.2) is 4.98 Å². The Kier molecular flexibility index (Phi) is 5.54. The number of halogens is 3. The van der Waals surface area contributed by atoms with Gasteiger partial charge in [-0.05, 0) is 55.8 Å². The molecule has 0 fully saturated rings. The lowest BCUT2D eigenvalue weighted by atomic mass is 10.0. The molecular weight excluding hydrogens is 383 g/mol. The summed E-state index contributed by atoms with van der Waals surface area (Å²) in [5, 5.41) is 2.70. The van der Waals surface area contributed by atoms with Crippen LogP contribution >= 0.6 is 0 Å². The quantitative estimate of drug-likeness (QED) is 0.665. The molecule has 0 aliphatic rings. The first-order valence-corrected chi connectivity index (χ1v) is 8.66. The minimum absolute atomic E-state index is 0.00137. The second kappa shape index (κ2) is 7.90. The summed E-state index contributed by atoms with van der Waals surface area (Å²) in [5.41, 5.74) is 2.00. The molecule has 0 radical (unpaired) electrons. The van der Waals surface area contributed by atoms with Gasteiger partial charge in [0.15, 0.2) is 0 Å². The molecule has 3 aromatic rings. The molecule has 8 heteroatoms. The number of ether oxygens (including phenoxy) is 1. The van der Waals surface area contributed by atoms with Crippen molar-refractivity contribution in [3.63, 3.8) is 0 Å². The van der Waals surface area contributed by atoms with Crippen molar-refractivity contribution < 1.29 is 22.7 Å². The Hall–Kier alpha value is -3.42. The molecule has 2 aromatic heterocycles. The van der Waals surface area contributed by atoms with Crippen molar-refractivity contribution in [2.75, 3.05) is 12.4 Å². The van der Waals surface area contributed by atoms with Crippen molar-refractivity contribution in [3.8, 4) is 17.0 Å². The normalized spacial score (nSPS) is 11.2. The number of nitrogens with zero attached hydrogens (tertiary/aromatic N) is 2. The van der Waals surface area contributed by atoms with Gasteiger partial charge in [0.05, 0.1) is 30.3 Å². The third-order valence-electron chi connectivity index (χ3n) is 4.36. The molecule has 1 aromatic carbocycles.